The molecule has 0 aromatic heterocycles. The summed E-state index contributed by atoms with van der Waals surface area (Å²) in [6.45, 7) is 0. The molecule has 0 aromatic carbocycles. The minimum Gasteiger partial charge on any atom is -0.375 e. The van der Waals surface area contributed by atoms with Crippen LogP contribution in [0.3, 0.4) is 0 Å². The zero-order valence-corrected chi connectivity index (χ0v) is 6.71. The van der Waals surface area contributed by atoms with Crippen LogP contribution in [0.5, 0.6) is 0 Å². The van der Waals surface area contributed by atoms with E-state index < -0.39 is 0 Å². The van der Waals surface area contributed by atoms with Gasteiger partial charge in [0.2, 0.25) is 0 Å². The number of carbonyl (C=O) groups excluding carboxylic acids is 1. The maximum Gasteiger partial charge on any atom is 0.133 e. The average molecular weight is 154 g/mol. The number of hydrogen-bond acceptors (Lipinski definition) is 2. The molecule has 2 aliphatic rings. The summed E-state index contributed by atoms with van der Waals surface area (Å²) in [4.78, 5) is 11.1. The average Bonchev–Trinajstić information content (AvgIpc) is 2.43. The van der Waals surface area contributed by atoms with Crippen molar-refractivity contribution in [3.8, 4) is 0 Å². The van der Waals surface area contributed by atoms with Crippen molar-refractivity contribution in [3.05, 3.63) is 0 Å². The van der Waals surface area contributed by atoms with Crippen LogP contribution >= 0.6 is 0 Å². The Morgan fingerprint density at radius 3 is 2.09 bits per heavy atom. The molecule has 0 radical (unpaired) electrons. The first-order valence-electron chi connectivity index (χ1n) is 4.52. The van der Waals surface area contributed by atoms with Crippen molar-refractivity contribution in [2.45, 2.75) is 50.7 Å². The van der Waals surface area contributed by atoms with Gasteiger partial charge in [0.25, 0.3) is 0 Å². The summed E-state index contributed by atoms with van der Waals surface area (Å²) in [7, 11) is 0. The molecular weight excluding hydrogens is 140 g/mol. The molecular formula is C9H14O2. The van der Waals surface area contributed by atoms with Gasteiger partial charge in [0.15, 0.2) is 0 Å². The largest absolute Gasteiger partial charge is 0.375 e. The lowest BCUT2D eigenvalue weighted by molar-refractivity contribution is -0.121. The van der Waals surface area contributed by atoms with Gasteiger partial charge in [0.1, 0.15) is 5.78 Å². The number of Topliss-reactive ketones (excluding diaryl/α,β-unsaturated/α-hetero) is 1. The molecule has 2 nitrogen and oxygen atoms in total. The van der Waals surface area contributed by atoms with Gasteiger partial charge in [-0.2, -0.15) is 0 Å². The Labute approximate surface area is 66.9 Å². The van der Waals surface area contributed by atoms with Crippen molar-refractivity contribution in [1.82, 2.24) is 0 Å². The number of rotatable bonds is 0. The van der Waals surface area contributed by atoms with Gasteiger partial charge >= 0.3 is 0 Å². The number of hydrogen-bond donors (Lipinski definition) is 0. The monoisotopic (exact) mass is 154 g/mol. The van der Waals surface area contributed by atoms with Crippen LogP contribution in [-0.4, -0.2) is 18.0 Å². The summed E-state index contributed by atoms with van der Waals surface area (Å²) in [5.74, 6) is 0.435. The standard InChI is InChI=1S/C9H14O2/c10-7-1-3-8-5-6-9(11-8)4-2-7/h8-9H,1-6H2. The predicted octanol–water partition coefficient (Wildman–Crippen LogP) is 1.68. The molecule has 0 aromatic rings. The molecule has 2 bridgehead atoms. The van der Waals surface area contributed by atoms with Crippen LogP contribution < -0.4 is 0 Å². The second-order valence-corrected chi connectivity index (χ2v) is 3.57. The molecule has 11 heavy (non-hydrogen) atoms. The first-order chi connectivity index (χ1) is 5.34. The van der Waals surface area contributed by atoms with E-state index in [2.05, 4.69) is 0 Å². The van der Waals surface area contributed by atoms with Crippen molar-refractivity contribution in [2.75, 3.05) is 0 Å². The summed E-state index contributed by atoms with van der Waals surface area (Å²) in [6.07, 6.45) is 6.60. The van der Waals surface area contributed by atoms with Crippen molar-refractivity contribution in [3.63, 3.8) is 0 Å². The fourth-order valence-electron chi connectivity index (χ4n) is 1.97. The van der Waals surface area contributed by atoms with Gasteiger partial charge in [0, 0.05) is 12.8 Å². The lowest BCUT2D eigenvalue weighted by Gasteiger charge is -2.16. The van der Waals surface area contributed by atoms with E-state index in [1.54, 1.807) is 0 Å². The highest BCUT2D eigenvalue weighted by atomic mass is 16.5. The summed E-state index contributed by atoms with van der Waals surface area (Å²) in [5, 5.41) is 0. The molecule has 2 saturated heterocycles. The van der Waals surface area contributed by atoms with E-state index in [1.165, 1.54) is 12.8 Å². The smallest absolute Gasteiger partial charge is 0.133 e. The molecule has 62 valence electrons. The molecule has 2 atom stereocenters. The molecule has 2 heterocycles. The number of fused-ring (bicyclic) bond motifs is 2. The predicted molar refractivity (Wildman–Crippen MR) is 41.4 cm³/mol. The molecule has 2 unspecified atom stereocenters. The van der Waals surface area contributed by atoms with Crippen molar-refractivity contribution in [2.24, 2.45) is 0 Å². The van der Waals surface area contributed by atoms with Crippen molar-refractivity contribution in [1.29, 1.82) is 0 Å². The molecule has 0 aliphatic carbocycles. The molecule has 2 rings (SSSR count). The maximum absolute atomic E-state index is 11.1. The highest BCUT2D eigenvalue weighted by Crippen LogP contribution is 2.28. The molecule has 0 spiro atoms. The van der Waals surface area contributed by atoms with Crippen LogP contribution in [0.2, 0.25) is 0 Å². The first kappa shape index (κ1) is 7.29. The number of carbonyl (C=O) groups is 1. The third-order valence-electron chi connectivity index (χ3n) is 2.69. The van der Waals surface area contributed by atoms with E-state index in [4.69, 9.17) is 4.74 Å². The molecule has 0 N–H and O–H groups in total. The van der Waals surface area contributed by atoms with Gasteiger partial charge < -0.3 is 4.74 Å². The molecule has 2 fully saturated rings. The highest BCUT2D eigenvalue weighted by molar-refractivity contribution is 5.78. The Morgan fingerprint density at radius 2 is 1.55 bits per heavy atom. The fraction of sp³-hybridized carbons (Fsp3) is 0.889. The lowest BCUT2D eigenvalue weighted by atomic mass is 10.1. The second-order valence-electron chi connectivity index (χ2n) is 3.57. The first-order valence-corrected chi connectivity index (χ1v) is 4.52. The van der Waals surface area contributed by atoms with Gasteiger partial charge in [0.05, 0.1) is 12.2 Å². The van der Waals surface area contributed by atoms with Gasteiger partial charge in [-0.3, -0.25) is 4.79 Å². The van der Waals surface area contributed by atoms with E-state index in [9.17, 15) is 4.79 Å². The zero-order valence-electron chi connectivity index (χ0n) is 6.71. The number of ketones is 1. The van der Waals surface area contributed by atoms with E-state index in [-0.39, 0.29) is 0 Å². The molecule has 2 aliphatic heterocycles. The molecule has 0 saturated carbocycles. The van der Waals surface area contributed by atoms with Crippen LogP contribution in [0.1, 0.15) is 38.5 Å². The second kappa shape index (κ2) is 2.94. The fourth-order valence-corrected chi connectivity index (χ4v) is 1.97. The third-order valence-corrected chi connectivity index (χ3v) is 2.69. The van der Waals surface area contributed by atoms with Gasteiger partial charge in [-0.1, -0.05) is 0 Å². The van der Waals surface area contributed by atoms with Crippen molar-refractivity contribution < 1.29 is 9.53 Å². The van der Waals surface area contributed by atoms with E-state index >= 15 is 0 Å². The highest BCUT2D eigenvalue weighted by Gasteiger charge is 2.27. The molecule has 0 amide bonds. The van der Waals surface area contributed by atoms with E-state index in [1.807, 2.05) is 0 Å². The summed E-state index contributed by atoms with van der Waals surface area (Å²) in [6, 6.07) is 0. The van der Waals surface area contributed by atoms with Crippen LogP contribution in [0, 0.1) is 0 Å². The van der Waals surface area contributed by atoms with E-state index in [0.29, 0.717) is 18.0 Å². The maximum atomic E-state index is 11.1. The van der Waals surface area contributed by atoms with Crippen LogP contribution in [0.4, 0.5) is 0 Å². The van der Waals surface area contributed by atoms with Crippen LogP contribution in [-0.2, 0) is 9.53 Å². The summed E-state index contributed by atoms with van der Waals surface area (Å²) >= 11 is 0. The van der Waals surface area contributed by atoms with Gasteiger partial charge in [-0.15, -0.1) is 0 Å². The Kier molecular flexibility index (Phi) is 1.95. The summed E-state index contributed by atoms with van der Waals surface area (Å²) < 4.78 is 5.70. The molecule has 2 heteroatoms. The quantitative estimate of drug-likeness (QED) is 0.530. The normalized spacial score (nSPS) is 38.4. The third kappa shape index (κ3) is 1.62. The minimum atomic E-state index is 0.407. The zero-order chi connectivity index (χ0) is 7.68. The topological polar surface area (TPSA) is 26.3 Å². The minimum absolute atomic E-state index is 0.407. The Hall–Kier alpha value is -0.370. The Balaban J connectivity index is 1.98. The summed E-state index contributed by atoms with van der Waals surface area (Å²) in [5.41, 5.74) is 0. The van der Waals surface area contributed by atoms with Crippen LogP contribution in [0.15, 0.2) is 0 Å². The number of ether oxygens (including phenoxy) is 1. The SMILES string of the molecule is O=C1CCC2CCC(CC1)O2. The Bertz CT molecular complexity index is 149. The van der Waals surface area contributed by atoms with Gasteiger partial charge in [-0.05, 0) is 25.7 Å². The van der Waals surface area contributed by atoms with E-state index in [0.717, 1.165) is 25.7 Å². The lowest BCUT2D eigenvalue weighted by Crippen LogP contribution is -2.17. The Morgan fingerprint density at radius 1 is 1.00 bits per heavy atom. The van der Waals surface area contributed by atoms with Gasteiger partial charge in [-0.25, -0.2) is 0 Å². The van der Waals surface area contributed by atoms with Crippen molar-refractivity contribution >= 4 is 5.78 Å². The van der Waals surface area contributed by atoms with Crippen LogP contribution in [0.25, 0.3) is 0 Å².